The first kappa shape index (κ1) is 72.7. The quantitative estimate of drug-likeness (QED) is 0.0124. The van der Waals surface area contributed by atoms with E-state index in [-0.39, 0.29) is 100 Å². The van der Waals surface area contributed by atoms with E-state index in [2.05, 4.69) is 53.3 Å². The van der Waals surface area contributed by atoms with Gasteiger partial charge in [-0.1, -0.05) is 62.1 Å². The second kappa shape index (κ2) is 34.0. The average molecular weight is 1360 g/mol. The van der Waals surface area contributed by atoms with Crippen molar-refractivity contribution in [3.8, 4) is 17.6 Å². The van der Waals surface area contributed by atoms with Gasteiger partial charge < -0.3 is 70.6 Å². The number of aliphatic carboxylic acids is 1. The lowest BCUT2D eigenvalue weighted by Gasteiger charge is -2.39. The minimum Gasteiger partial charge on any atom is -0.491 e. The molecule has 3 aromatic heterocycles. The number of carbonyl (C=O) groups is 8. The molecule has 510 valence electrons. The molecule has 2 aliphatic rings. The van der Waals surface area contributed by atoms with Crippen LogP contribution in [-0.4, -0.2) is 162 Å². The molecule has 8 rings (SSSR count). The lowest BCUT2D eigenvalue weighted by Crippen LogP contribution is -2.59. The van der Waals surface area contributed by atoms with Crippen LogP contribution in [0.2, 0.25) is 0 Å². The number of esters is 1. The zero-order valence-corrected chi connectivity index (χ0v) is 55.2. The number of aromatic carboxylic acids is 1. The first-order valence-electron chi connectivity index (χ1n) is 31.1. The molecule has 96 heavy (non-hydrogen) atoms. The largest absolute Gasteiger partial charge is 0.491 e. The molecule has 3 amide bonds. The van der Waals surface area contributed by atoms with Crippen LogP contribution >= 0.6 is 22.7 Å². The molecule has 1 aliphatic heterocycles. The molecule has 2 unspecified atom stereocenters. The van der Waals surface area contributed by atoms with Gasteiger partial charge in [-0.3, -0.25) is 28.8 Å². The number of aliphatic hydroxyl groups is 3. The van der Waals surface area contributed by atoms with E-state index in [1.165, 1.54) is 59.9 Å². The molecule has 1 aliphatic carbocycles. The van der Waals surface area contributed by atoms with Gasteiger partial charge in [-0.25, -0.2) is 23.9 Å². The van der Waals surface area contributed by atoms with Crippen molar-refractivity contribution in [1.82, 2.24) is 30.8 Å². The standard InChI is InChI=1S/C67H76FN9O17S2/c1-35(2)54(72-53(80)26-29-91-28-25-41-33-44(78)21-22-47(41)79)62(85)69-38(5)61(84)70-43-20-18-42(40(32-43)19-24-49-56(81)57(82)58(83)59(94-49)64(88)89)34-93-65(90)36(3)12-7-8-13-39-17-23-48(45(68)31-39)92-27-11-16-51-55(63(86)87)73-67(96-51)77(6)52-30-37(4)60(76-75-52)74-66-71-46-14-9-10-15-50(46)95-66/h9-10,14-15,17-18,20-23,30-32,35-36,38,41,49,54,56-59,81-83H,7,11-12,16,19,24-29,33-34H2,1-6H3,(H,69,85)(H,70,84)(H,72,80)(H,86,87)(H,88,89)(H,71,74,76)/t36?,38-,41?,49-,54-,56-,57+,58-,59-/m0/s1. The second-order valence-corrected chi connectivity index (χ2v) is 25.7. The number of benzene rings is 3. The van der Waals surface area contributed by atoms with Gasteiger partial charge in [-0.15, -0.1) is 21.5 Å². The summed E-state index contributed by atoms with van der Waals surface area (Å²) in [4.78, 5) is 112. The predicted octanol–water partition coefficient (Wildman–Crippen LogP) is 6.69. The maximum atomic E-state index is 15.3. The van der Waals surface area contributed by atoms with E-state index >= 15 is 4.39 Å². The van der Waals surface area contributed by atoms with Crippen LogP contribution in [0.5, 0.6) is 5.75 Å². The van der Waals surface area contributed by atoms with Crippen molar-refractivity contribution < 1.29 is 87.2 Å². The summed E-state index contributed by atoms with van der Waals surface area (Å²) in [5.41, 5.74) is 3.02. The van der Waals surface area contributed by atoms with Gasteiger partial charge in [0.25, 0.3) is 0 Å². The highest BCUT2D eigenvalue weighted by Gasteiger charge is 2.46. The topological polar surface area (TPSA) is 378 Å². The molecule has 9 atom stereocenters. The fraction of sp³-hybridized carbons (Fsp3) is 0.433. The maximum absolute atomic E-state index is 15.3. The number of carbonyl (C=O) groups excluding carboxylic acids is 6. The normalized spacial score (nSPS) is 18.6. The van der Waals surface area contributed by atoms with Crippen LogP contribution < -0.4 is 30.9 Å². The number of halogens is 1. The Balaban J connectivity index is 0.803. The number of para-hydroxylation sites is 1. The summed E-state index contributed by atoms with van der Waals surface area (Å²) in [5.74, 6) is -0.820. The predicted molar refractivity (Wildman–Crippen MR) is 351 cm³/mol. The zero-order valence-electron chi connectivity index (χ0n) is 53.5. The number of aryl methyl sites for hydroxylation is 3. The molecule has 29 heteroatoms. The molecule has 26 nitrogen and oxygen atoms in total. The molecular weight excluding hydrogens is 1290 g/mol. The number of fused-ring (bicyclic) bond motifs is 1. The zero-order chi connectivity index (χ0) is 69.3. The Morgan fingerprint density at radius 2 is 1.62 bits per heavy atom. The summed E-state index contributed by atoms with van der Waals surface area (Å²) < 4.78 is 38.8. The Kier molecular flexibility index (Phi) is 25.7. The number of thiazole rings is 2. The van der Waals surface area contributed by atoms with Crippen LogP contribution in [0.3, 0.4) is 0 Å². The van der Waals surface area contributed by atoms with Crippen LogP contribution in [0.15, 0.2) is 78.9 Å². The highest BCUT2D eigenvalue weighted by Crippen LogP contribution is 2.34. The average Bonchev–Trinajstić information content (AvgIpc) is 1.28. The summed E-state index contributed by atoms with van der Waals surface area (Å²) in [6.07, 6.45) is -4.70. The number of carboxylic acid groups (broad SMARTS) is 2. The summed E-state index contributed by atoms with van der Waals surface area (Å²) in [6, 6.07) is 16.3. The minimum atomic E-state index is -1.91. The van der Waals surface area contributed by atoms with E-state index in [4.69, 9.17) is 18.9 Å². The molecule has 6 aromatic rings. The van der Waals surface area contributed by atoms with E-state index in [1.54, 1.807) is 50.9 Å². The van der Waals surface area contributed by atoms with Crippen molar-refractivity contribution >= 4 is 108 Å². The summed E-state index contributed by atoms with van der Waals surface area (Å²) >= 11 is 2.68. The van der Waals surface area contributed by atoms with Crippen LogP contribution in [0.1, 0.15) is 110 Å². The molecule has 9 N–H and O–H groups in total. The Morgan fingerprint density at radius 3 is 2.35 bits per heavy atom. The Hall–Kier alpha value is -9.15. The third-order valence-corrected chi connectivity index (χ3v) is 18.1. The fourth-order valence-corrected chi connectivity index (χ4v) is 12.2. The van der Waals surface area contributed by atoms with Crippen LogP contribution in [0, 0.1) is 42.3 Å². The first-order chi connectivity index (χ1) is 45.8. The number of aromatic nitrogens is 4. The minimum absolute atomic E-state index is 0.00432. The summed E-state index contributed by atoms with van der Waals surface area (Å²) in [7, 11) is 1.72. The van der Waals surface area contributed by atoms with Gasteiger partial charge in [0, 0.05) is 55.0 Å². The van der Waals surface area contributed by atoms with E-state index < -0.39 is 102 Å². The number of anilines is 5. The maximum Gasteiger partial charge on any atom is 0.355 e. The SMILES string of the molecule is Cc1cc(N(C)c2nc(C(=O)O)c(CCCOc3ccc(C#CCCC(C)C(=O)OCc4ccc(NC(=O)[C@H](C)NC(=O)[C@@H](NC(=O)CCOCCC5CC(=O)C=CC5=O)C(C)C)cc4CC[C@@H]4O[C@H](C(=O)O)[C@@H](O)[C@H](O)[C@H]4O)cc3F)s2)nnc1Nc1nc2ccccc2s1. The number of allylic oxidation sites excluding steroid dienone is 2. The molecule has 1 saturated heterocycles. The van der Waals surface area contributed by atoms with Crippen LogP contribution in [0.25, 0.3) is 10.2 Å². The summed E-state index contributed by atoms with van der Waals surface area (Å²) in [5, 5.41) is 72.2. The van der Waals surface area contributed by atoms with Gasteiger partial charge >= 0.3 is 17.9 Å². The van der Waals surface area contributed by atoms with Crippen molar-refractivity contribution in [1.29, 1.82) is 0 Å². The number of carboxylic acids is 2. The Bertz CT molecular complexity index is 3890. The highest BCUT2D eigenvalue weighted by atomic mass is 32.1. The second-order valence-electron chi connectivity index (χ2n) is 23.6. The van der Waals surface area contributed by atoms with Gasteiger partial charge in [0.2, 0.25) is 17.7 Å². The van der Waals surface area contributed by atoms with Gasteiger partial charge in [0.15, 0.2) is 56.8 Å². The van der Waals surface area contributed by atoms with Gasteiger partial charge in [-0.2, -0.15) is 0 Å². The van der Waals surface area contributed by atoms with Crippen molar-refractivity contribution in [3.63, 3.8) is 0 Å². The van der Waals surface area contributed by atoms with Gasteiger partial charge in [0.05, 0.1) is 35.5 Å². The number of rotatable bonds is 31. The van der Waals surface area contributed by atoms with Crippen LogP contribution in [0.4, 0.5) is 32.0 Å². The molecule has 1 fully saturated rings. The van der Waals surface area contributed by atoms with Crippen molar-refractivity contribution in [2.24, 2.45) is 17.8 Å². The number of hydrogen-bond acceptors (Lipinski definition) is 23. The number of ketones is 2. The number of nitrogens with zero attached hydrogens (tertiary/aromatic N) is 5. The monoisotopic (exact) mass is 1360 g/mol. The molecule has 0 spiro atoms. The van der Waals surface area contributed by atoms with E-state index in [0.717, 1.165) is 15.8 Å². The molecule has 0 radical (unpaired) electrons. The van der Waals surface area contributed by atoms with Crippen molar-refractivity contribution in [2.45, 2.75) is 142 Å². The lowest BCUT2D eigenvalue weighted by atomic mass is 9.90. The highest BCUT2D eigenvalue weighted by molar-refractivity contribution is 7.22. The van der Waals surface area contributed by atoms with Gasteiger partial charge in [-0.05, 0) is 136 Å². The van der Waals surface area contributed by atoms with Gasteiger partial charge in [0.1, 0.15) is 37.0 Å². The Morgan fingerprint density at radius 1 is 0.844 bits per heavy atom. The van der Waals surface area contributed by atoms with Crippen LogP contribution in [-0.2, 0) is 67.2 Å². The number of nitrogens with one attached hydrogen (secondary N) is 4. The third-order valence-electron chi connectivity index (χ3n) is 16.0. The molecular formula is C67H76FN9O17S2. The first-order valence-corrected chi connectivity index (χ1v) is 32.8. The molecule has 3 aromatic carbocycles. The van der Waals surface area contributed by atoms with Crippen molar-refractivity contribution in [3.05, 3.63) is 118 Å². The van der Waals surface area contributed by atoms with E-state index in [0.29, 0.717) is 56.3 Å². The summed E-state index contributed by atoms with van der Waals surface area (Å²) in [6.45, 7) is 8.31. The van der Waals surface area contributed by atoms with E-state index in [1.807, 2.05) is 37.3 Å². The molecule has 0 saturated carbocycles. The molecule has 4 heterocycles. The number of amides is 3. The van der Waals surface area contributed by atoms with Crippen molar-refractivity contribution in [2.75, 3.05) is 42.4 Å². The Labute approximate surface area is 560 Å². The smallest absolute Gasteiger partial charge is 0.355 e. The number of ether oxygens (including phenoxy) is 4. The lowest BCUT2D eigenvalue weighted by molar-refractivity contribution is -0.228. The fourth-order valence-electron chi connectivity index (χ4n) is 10.3. The third kappa shape index (κ3) is 19.7. The number of hydrogen-bond donors (Lipinski definition) is 9. The molecule has 0 bridgehead atoms. The van der Waals surface area contributed by atoms with E-state index in [9.17, 15) is 63.9 Å². The number of aliphatic hydroxyl groups excluding tert-OH is 3.